The Balaban J connectivity index is 1.59. The second kappa shape index (κ2) is 7.42. The van der Waals surface area contributed by atoms with Crippen LogP contribution in [-0.2, 0) is 12.1 Å². The van der Waals surface area contributed by atoms with Crippen molar-refractivity contribution in [2.75, 3.05) is 6.61 Å². The van der Waals surface area contributed by atoms with Gasteiger partial charge in [-0.15, -0.1) is 0 Å². The molecule has 2 fully saturated rings. The molecule has 2 aliphatic rings. The molecule has 3 nitrogen and oxygen atoms in total. The zero-order valence-electron chi connectivity index (χ0n) is 15.6. The topological polar surface area (TPSA) is 32.7 Å². The van der Waals surface area contributed by atoms with E-state index in [9.17, 15) is 5.11 Å². The highest BCUT2D eigenvalue weighted by molar-refractivity contribution is 5.39. The largest absolute Gasteiger partial charge is 0.493 e. The summed E-state index contributed by atoms with van der Waals surface area (Å²) in [5.41, 5.74) is 1.55. The fourth-order valence-corrected chi connectivity index (χ4v) is 4.93. The van der Waals surface area contributed by atoms with Gasteiger partial charge in [0.1, 0.15) is 5.75 Å². The van der Waals surface area contributed by atoms with Crippen molar-refractivity contribution in [3.63, 3.8) is 0 Å². The van der Waals surface area contributed by atoms with Crippen molar-refractivity contribution in [3.8, 4) is 5.75 Å². The molecular weight excluding hydrogens is 322 g/mol. The molecule has 2 aromatic rings. The van der Waals surface area contributed by atoms with Crippen molar-refractivity contribution in [2.24, 2.45) is 0 Å². The summed E-state index contributed by atoms with van der Waals surface area (Å²) in [4.78, 5) is 2.64. The summed E-state index contributed by atoms with van der Waals surface area (Å²) >= 11 is 0. The van der Waals surface area contributed by atoms with Gasteiger partial charge >= 0.3 is 0 Å². The SMILES string of the molecule is CCOc1ccccc1C1(O)CC2CCCC(C1)N2Cc1ccccc1. The van der Waals surface area contributed by atoms with Gasteiger partial charge in [0.25, 0.3) is 0 Å². The third-order valence-electron chi connectivity index (χ3n) is 6.06. The molecule has 2 heterocycles. The van der Waals surface area contributed by atoms with Crippen molar-refractivity contribution >= 4 is 0 Å². The van der Waals surface area contributed by atoms with Gasteiger partial charge in [0.2, 0.25) is 0 Å². The van der Waals surface area contributed by atoms with Crippen molar-refractivity contribution in [2.45, 2.75) is 63.3 Å². The highest BCUT2D eigenvalue weighted by atomic mass is 16.5. The number of hydrogen-bond acceptors (Lipinski definition) is 3. The van der Waals surface area contributed by atoms with Crippen LogP contribution in [0.3, 0.4) is 0 Å². The molecule has 138 valence electrons. The lowest BCUT2D eigenvalue weighted by Gasteiger charge is -2.52. The van der Waals surface area contributed by atoms with E-state index in [2.05, 4.69) is 35.2 Å². The van der Waals surface area contributed by atoms with Gasteiger partial charge in [0.15, 0.2) is 0 Å². The number of ether oxygens (including phenoxy) is 1. The minimum absolute atomic E-state index is 0.433. The quantitative estimate of drug-likeness (QED) is 0.861. The van der Waals surface area contributed by atoms with Gasteiger partial charge in [-0.1, -0.05) is 55.0 Å². The van der Waals surface area contributed by atoms with Crippen LogP contribution < -0.4 is 4.74 Å². The third kappa shape index (κ3) is 3.38. The summed E-state index contributed by atoms with van der Waals surface area (Å²) in [6.07, 6.45) is 5.19. The maximum Gasteiger partial charge on any atom is 0.125 e. The van der Waals surface area contributed by atoms with Crippen LogP contribution in [-0.4, -0.2) is 28.7 Å². The molecule has 2 bridgehead atoms. The second-order valence-electron chi connectivity index (χ2n) is 7.77. The maximum absolute atomic E-state index is 11.6. The van der Waals surface area contributed by atoms with Crippen LogP contribution in [0.5, 0.6) is 5.75 Å². The van der Waals surface area contributed by atoms with E-state index in [1.54, 1.807) is 0 Å². The van der Waals surface area contributed by atoms with E-state index < -0.39 is 5.60 Å². The fraction of sp³-hybridized carbons (Fsp3) is 0.478. The van der Waals surface area contributed by atoms with Gasteiger partial charge in [0, 0.05) is 24.2 Å². The Morgan fingerprint density at radius 2 is 1.65 bits per heavy atom. The number of hydrogen-bond donors (Lipinski definition) is 1. The second-order valence-corrected chi connectivity index (χ2v) is 7.77. The van der Waals surface area contributed by atoms with Crippen molar-refractivity contribution in [3.05, 3.63) is 65.7 Å². The van der Waals surface area contributed by atoms with E-state index in [1.807, 2.05) is 31.2 Å². The van der Waals surface area contributed by atoms with Crippen LogP contribution in [0.4, 0.5) is 0 Å². The standard InChI is InChI=1S/C23H29NO2/c1-2-26-22-14-7-6-13-21(22)23(25)15-19-11-8-12-20(16-23)24(19)17-18-9-4-3-5-10-18/h3-7,9-10,13-14,19-20,25H,2,8,11-12,15-17H2,1H3. The summed E-state index contributed by atoms with van der Waals surface area (Å²) in [6.45, 7) is 3.61. The molecule has 0 spiro atoms. The van der Waals surface area contributed by atoms with E-state index in [0.717, 1.165) is 30.7 Å². The van der Waals surface area contributed by atoms with Crippen LogP contribution in [0.25, 0.3) is 0 Å². The first-order valence-corrected chi connectivity index (χ1v) is 9.94. The minimum Gasteiger partial charge on any atom is -0.493 e. The van der Waals surface area contributed by atoms with Crippen LogP contribution >= 0.6 is 0 Å². The van der Waals surface area contributed by atoms with E-state index in [0.29, 0.717) is 18.7 Å². The molecular formula is C23H29NO2. The van der Waals surface area contributed by atoms with Gasteiger partial charge in [0.05, 0.1) is 12.2 Å². The van der Waals surface area contributed by atoms with Gasteiger partial charge in [-0.2, -0.15) is 0 Å². The summed E-state index contributed by atoms with van der Waals surface area (Å²) in [7, 11) is 0. The first-order valence-electron chi connectivity index (χ1n) is 9.94. The smallest absolute Gasteiger partial charge is 0.125 e. The molecule has 3 heteroatoms. The van der Waals surface area contributed by atoms with E-state index in [4.69, 9.17) is 4.74 Å². The molecule has 2 aliphatic heterocycles. The Kier molecular flexibility index (Phi) is 5.01. The molecule has 4 rings (SSSR count). The summed E-state index contributed by atoms with van der Waals surface area (Å²) in [6, 6.07) is 19.6. The first-order chi connectivity index (χ1) is 12.7. The average molecular weight is 351 g/mol. The van der Waals surface area contributed by atoms with E-state index >= 15 is 0 Å². The lowest BCUT2D eigenvalue weighted by atomic mass is 9.72. The lowest BCUT2D eigenvalue weighted by Crippen LogP contribution is -2.56. The molecule has 2 saturated heterocycles. The average Bonchev–Trinajstić information content (AvgIpc) is 2.64. The number of piperidine rings is 2. The summed E-state index contributed by atoms with van der Waals surface area (Å²) in [5, 5.41) is 11.6. The van der Waals surface area contributed by atoms with Gasteiger partial charge in [-0.25, -0.2) is 0 Å². The number of fused-ring (bicyclic) bond motifs is 2. The minimum atomic E-state index is -0.783. The molecule has 1 N–H and O–H groups in total. The van der Waals surface area contributed by atoms with Crippen LogP contribution in [0.2, 0.25) is 0 Å². The Morgan fingerprint density at radius 3 is 2.35 bits per heavy atom. The molecule has 26 heavy (non-hydrogen) atoms. The van der Waals surface area contributed by atoms with Gasteiger partial charge in [-0.05, 0) is 44.2 Å². The van der Waals surface area contributed by atoms with Crippen molar-refractivity contribution in [1.29, 1.82) is 0 Å². The predicted molar refractivity (Wildman–Crippen MR) is 104 cm³/mol. The van der Waals surface area contributed by atoms with Crippen LogP contribution in [0, 0.1) is 0 Å². The van der Waals surface area contributed by atoms with Gasteiger partial charge in [-0.3, -0.25) is 4.90 Å². The number of nitrogens with zero attached hydrogens (tertiary/aromatic N) is 1. The third-order valence-corrected chi connectivity index (χ3v) is 6.06. The Bertz CT molecular complexity index is 716. The lowest BCUT2D eigenvalue weighted by molar-refractivity contribution is -0.101. The maximum atomic E-state index is 11.6. The fourth-order valence-electron chi connectivity index (χ4n) is 4.93. The van der Waals surface area contributed by atoms with Crippen molar-refractivity contribution < 1.29 is 9.84 Å². The van der Waals surface area contributed by atoms with Crippen LogP contribution in [0.15, 0.2) is 54.6 Å². The Morgan fingerprint density at radius 1 is 1.00 bits per heavy atom. The molecule has 0 saturated carbocycles. The molecule has 2 aromatic carbocycles. The molecule has 0 aromatic heterocycles. The van der Waals surface area contributed by atoms with E-state index in [1.165, 1.54) is 24.8 Å². The molecule has 0 radical (unpaired) electrons. The van der Waals surface area contributed by atoms with Crippen LogP contribution in [0.1, 0.15) is 50.2 Å². The monoisotopic (exact) mass is 351 g/mol. The molecule has 2 unspecified atom stereocenters. The number of rotatable bonds is 5. The van der Waals surface area contributed by atoms with Crippen molar-refractivity contribution in [1.82, 2.24) is 4.90 Å². The van der Waals surface area contributed by atoms with E-state index in [-0.39, 0.29) is 0 Å². The molecule has 2 atom stereocenters. The molecule has 0 aliphatic carbocycles. The van der Waals surface area contributed by atoms with Gasteiger partial charge < -0.3 is 9.84 Å². The number of benzene rings is 2. The zero-order valence-corrected chi connectivity index (χ0v) is 15.6. The summed E-state index contributed by atoms with van der Waals surface area (Å²) in [5.74, 6) is 0.840. The number of aliphatic hydroxyl groups is 1. The first kappa shape index (κ1) is 17.6. The summed E-state index contributed by atoms with van der Waals surface area (Å²) < 4.78 is 5.83. The highest BCUT2D eigenvalue weighted by Crippen LogP contribution is 2.47. The highest BCUT2D eigenvalue weighted by Gasteiger charge is 2.47. The zero-order chi connectivity index (χ0) is 18.0. The Labute approximate surface area is 156 Å². The number of para-hydroxylation sites is 1. The normalized spacial score (nSPS) is 28.7. The molecule has 0 amide bonds. The Hall–Kier alpha value is -1.84. The predicted octanol–water partition coefficient (Wildman–Crippen LogP) is 4.49.